The molecule has 0 spiro atoms. The van der Waals surface area contributed by atoms with Gasteiger partial charge in [0.25, 0.3) is 0 Å². The minimum Gasteiger partial charge on any atom is -0.469 e. The van der Waals surface area contributed by atoms with Crippen LogP contribution < -0.4 is 0 Å². The van der Waals surface area contributed by atoms with Crippen LogP contribution in [0.5, 0.6) is 0 Å². The van der Waals surface area contributed by atoms with Gasteiger partial charge in [-0.25, -0.2) is 0 Å². The van der Waals surface area contributed by atoms with Gasteiger partial charge in [-0.2, -0.15) is 0 Å². The molecule has 15 heavy (non-hydrogen) atoms. The molecule has 0 saturated heterocycles. The van der Waals surface area contributed by atoms with Crippen LogP contribution in [0, 0.1) is 0 Å². The first-order chi connectivity index (χ1) is 7.10. The smallest absolute Gasteiger partial charge is 0.313 e. The number of ether oxygens (including phenoxy) is 1. The van der Waals surface area contributed by atoms with Gasteiger partial charge in [-0.15, -0.1) is 0 Å². The normalized spacial score (nSPS) is 9.73. The first kappa shape index (κ1) is 13.8. The van der Waals surface area contributed by atoms with E-state index in [2.05, 4.69) is 4.74 Å². The topological polar surface area (TPSA) is 60.4 Å². The van der Waals surface area contributed by atoms with Gasteiger partial charge in [-0.05, 0) is 6.42 Å². The molecular formula is C11H18O4. The van der Waals surface area contributed by atoms with Gasteiger partial charge in [0, 0.05) is 6.42 Å². The Morgan fingerprint density at radius 1 is 1.00 bits per heavy atom. The molecule has 0 aliphatic heterocycles. The number of hydrogen-bond donors (Lipinski definition) is 0. The predicted molar refractivity (Wildman–Crippen MR) is 55.4 cm³/mol. The molecule has 4 heteroatoms. The van der Waals surface area contributed by atoms with Crippen LogP contribution in [0.4, 0.5) is 0 Å². The third-order valence-corrected chi connectivity index (χ3v) is 2.02. The fourth-order valence-corrected chi connectivity index (χ4v) is 1.18. The molecule has 0 radical (unpaired) electrons. The molecule has 0 aromatic heterocycles. The van der Waals surface area contributed by atoms with Crippen LogP contribution in [0.25, 0.3) is 0 Å². The zero-order valence-corrected chi connectivity index (χ0v) is 9.38. The third kappa shape index (κ3) is 7.85. The summed E-state index contributed by atoms with van der Waals surface area (Å²) in [6.07, 6.45) is 2.86. The molecule has 0 aromatic rings. The van der Waals surface area contributed by atoms with Crippen molar-refractivity contribution in [1.29, 1.82) is 0 Å². The van der Waals surface area contributed by atoms with Crippen molar-refractivity contribution in [2.24, 2.45) is 0 Å². The summed E-state index contributed by atoms with van der Waals surface area (Å²) in [5, 5.41) is 0. The molecule has 0 aromatic carbocycles. The summed E-state index contributed by atoms with van der Waals surface area (Å²) in [5.41, 5.74) is 0. The van der Waals surface area contributed by atoms with E-state index >= 15 is 0 Å². The standard InChI is InChI=1S/C11H18O4/c1-3-4-5-6-9(12)7-10(13)8-11(14)15-2/h3-8H2,1-2H3. The number of ketones is 2. The second-order valence-corrected chi connectivity index (χ2v) is 3.46. The van der Waals surface area contributed by atoms with Gasteiger partial charge < -0.3 is 4.74 Å². The highest BCUT2D eigenvalue weighted by Gasteiger charge is 2.13. The van der Waals surface area contributed by atoms with E-state index in [-0.39, 0.29) is 24.4 Å². The predicted octanol–water partition coefficient (Wildman–Crippen LogP) is 1.66. The lowest BCUT2D eigenvalue weighted by Gasteiger charge is -1.99. The number of Topliss-reactive ketones (excluding diaryl/α,β-unsaturated/α-hetero) is 2. The molecule has 0 atom stereocenters. The Labute approximate surface area is 90.0 Å². The Kier molecular flexibility index (Phi) is 7.50. The Bertz CT molecular complexity index is 233. The zero-order valence-electron chi connectivity index (χ0n) is 9.38. The minimum absolute atomic E-state index is 0.0858. The summed E-state index contributed by atoms with van der Waals surface area (Å²) in [5.74, 6) is -1.03. The van der Waals surface area contributed by atoms with Crippen LogP contribution in [0.2, 0.25) is 0 Å². The van der Waals surface area contributed by atoms with Crippen LogP contribution >= 0.6 is 0 Å². The molecule has 0 bridgehead atoms. The number of methoxy groups -OCH3 is 1. The lowest BCUT2D eigenvalue weighted by molar-refractivity contribution is -0.143. The van der Waals surface area contributed by atoms with Crippen molar-refractivity contribution >= 4 is 17.5 Å². The second kappa shape index (κ2) is 8.15. The largest absolute Gasteiger partial charge is 0.469 e. The molecule has 0 aliphatic carbocycles. The molecule has 86 valence electrons. The van der Waals surface area contributed by atoms with Gasteiger partial charge >= 0.3 is 5.97 Å². The highest BCUT2D eigenvalue weighted by molar-refractivity contribution is 6.05. The maximum absolute atomic E-state index is 11.2. The van der Waals surface area contributed by atoms with Gasteiger partial charge in [0.1, 0.15) is 12.2 Å². The van der Waals surface area contributed by atoms with Crippen molar-refractivity contribution in [3.63, 3.8) is 0 Å². The van der Waals surface area contributed by atoms with Gasteiger partial charge in [0.2, 0.25) is 0 Å². The lowest BCUT2D eigenvalue weighted by atomic mass is 10.1. The second-order valence-electron chi connectivity index (χ2n) is 3.46. The molecule has 4 nitrogen and oxygen atoms in total. The van der Waals surface area contributed by atoms with E-state index in [1.807, 2.05) is 6.92 Å². The molecule has 0 fully saturated rings. The maximum atomic E-state index is 11.2. The number of rotatable bonds is 8. The molecule has 0 saturated carbocycles. The molecular weight excluding hydrogens is 196 g/mol. The van der Waals surface area contributed by atoms with Gasteiger partial charge in [0.05, 0.1) is 13.5 Å². The average molecular weight is 214 g/mol. The summed E-state index contributed by atoms with van der Waals surface area (Å²) in [7, 11) is 1.22. The van der Waals surface area contributed by atoms with Crippen molar-refractivity contribution < 1.29 is 19.1 Å². The van der Waals surface area contributed by atoms with Crippen molar-refractivity contribution in [2.75, 3.05) is 7.11 Å². The summed E-state index contributed by atoms with van der Waals surface area (Å²) in [6.45, 7) is 2.05. The van der Waals surface area contributed by atoms with E-state index in [1.165, 1.54) is 7.11 Å². The number of carbonyl (C=O) groups is 3. The quantitative estimate of drug-likeness (QED) is 0.350. The maximum Gasteiger partial charge on any atom is 0.313 e. The SMILES string of the molecule is CCCCCC(=O)CC(=O)CC(=O)OC. The van der Waals surface area contributed by atoms with Crippen molar-refractivity contribution in [2.45, 2.75) is 45.4 Å². The molecule has 0 N–H and O–H groups in total. The van der Waals surface area contributed by atoms with Crippen molar-refractivity contribution in [3.05, 3.63) is 0 Å². The average Bonchev–Trinajstić information content (AvgIpc) is 2.17. The monoisotopic (exact) mass is 214 g/mol. The molecule has 0 heterocycles. The fourth-order valence-electron chi connectivity index (χ4n) is 1.18. The van der Waals surface area contributed by atoms with E-state index in [1.54, 1.807) is 0 Å². The Balaban J connectivity index is 3.67. The van der Waals surface area contributed by atoms with Crippen LogP contribution in [0.1, 0.15) is 45.4 Å². The van der Waals surface area contributed by atoms with Gasteiger partial charge in [-0.3, -0.25) is 14.4 Å². The summed E-state index contributed by atoms with van der Waals surface area (Å²) in [4.78, 5) is 33.1. The van der Waals surface area contributed by atoms with E-state index in [9.17, 15) is 14.4 Å². The highest BCUT2D eigenvalue weighted by atomic mass is 16.5. The zero-order chi connectivity index (χ0) is 11.7. The number of hydrogen-bond acceptors (Lipinski definition) is 4. The van der Waals surface area contributed by atoms with Crippen molar-refractivity contribution in [3.8, 4) is 0 Å². The molecule has 0 amide bonds. The molecule has 0 rings (SSSR count). The van der Waals surface area contributed by atoms with E-state index in [0.717, 1.165) is 19.3 Å². The Hall–Kier alpha value is -1.19. The number of carbonyl (C=O) groups excluding carboxylic acids is 3. The Morgan fingerprint density at radius 3 is 2.20 bits per heavy atom. The first-order valence-electron chi connectivity index (χ1n) is 5.20. The van der Waals surface area contributed by atoms with Crippen LogP contribution in [0.3, 0.4) is 0 Å². The fraction of sp³-hybridized carbons (Fsp3) is 0.727. The molecule has 0 aliphatic rings. The highest BCUT2D eigenvalue weighted by Crippen LogP contribution is 2.03. The van der Waals surface area contributed by atoms with Gasteiger partial charge in [-0.1, -0.05) is 19.8 Å². The van der Waals surface area contributed by atoms with E-state index < -0.39 is 5.97 Å². The van der Waals surface area contributed by atoms with Crippen LogP contribution in [-0.2, 0) is 19.1 Å². The number of unbranched alkanes of at least 4 members (excludes halogenated alkanes) is 2. The Morgan fingerprint density at radius 2 is 1.67 bits per heavy atom. The number of esters is 1. The lowest BCUT2D eigenvalue weighted by Crippen LogP contribution is -2.13. The minimum atomic E-state index is -0.582. The molecule has 0 unspecified atom stereocenters. The van der Waals surface area contributed by atoms with Crippen LogP contribution in [0.15, 0.2) is 0 Å². The summed E-state index contributed by atoms with van der Waals surface area (Å²) in [6, 6.07) is 0. The summed E-state index contributed by atoms with van der Waals surface area (Å²) >= 11 is 0. The van der Waals surface area contributed by atoms with E-state index in [4.69, 9.17) is 0 Å². The van der Waals surface area contributed by atoms with Gasteiger partial charge in [0.15, 0.2) is 5.78 Å². The third-order valence-electron chi connectivity index (χ3n) is 2.02. The van der Waals surface area contributed by atoms with Crippen LogP contribution in [-0.4, -0.2) is 24.6 Å². The van der Waals surface area contributed by atoms with E-state index in [0.29, 0.717) is 6.42 Å². The first-order valence-corrected chi connectivity index (χ1v) is 5.20. The summed E-state index contributed by atoms with van der Waals surface area (Å²) < 4.78 is 4.33. The van der Waals surface area contributed by atoms with Crippen molar-refractivity contribution in [1.82, 2.24) is 0 Å².